The number of fused-ring (bicyclic) bond motifs is 1. The van der Waals surface area contributed by atoms with E-state index in [2.05, 4.69) is 23.6 Å². The van der Waals surface area contributed by atoms with E-state index in [9.17, 15) is 9.59 Å². The van der Waals surface area contributed by atoms with Crippen LogP contribution in [0.5, 0.6) is 5.75 Å². The van der Waals surface area contributed by atoms with Crippen LogP contribution >= 0.6 is 0 Å². The zero-order valence-corrected chi connectivity index (χ0v) is 21.3. The number of benzene rings is 2. The van der Waals surface area contributed by atoms with Gasteiger partial charge in [-0.05, 0) is 60.4 Å². The van der Waals surface area contributed by atoms with Gasteiger partial charge in [0.15, 0.2) is 0 Å². The van der Waals surface area contributed by atoms with E-state index in [4.69, 9.17) is 4.74 Å². The van der Waals surface area contributed by atoms with Gasteiger partial charge in [0.1, 0.15) is 5.75 Å². The number of likely N-dealkylation sites (tertiary alicyclic amines) is 1. The molecule has 0 bridgehead atoms. The molecule has 1 saturated carbocycles. The topological polar surface area (TPSA) is 49.9 Å². The minimum absolute atomic E-state index is 0.0674. The lowest BCUT2D eigenvalue weighted by Gasteiger charge is -2.48. The summed E-state index contributed by atoms with van der Waals surface area (Å²) in [5, 5.41) is 0. The number of rotatable bonds is 4. The van der Waals surface area contributed by atoms with E-state index in [1.54, 1.807) is 7.11 Å². The molecular weight excluding hydrogens is 436 g/mol. The first-order chi connectivity index (χ1) is 17.0. The predicted molar refractivity (Wildman–Crippen MR) is 137 cm³/mol. The molecule has 0 radical (unpaired) electrons. The van der Waals surface area contributed by atoms with Crippen molar-refractivity contribution < 1.29 is 14.3 Å². The van der Waals surface area contributed by atoms with Crippen LogP contribution in [0.2, 0.25) is 0 Å². The molecule has 5 heteroatoms. The van der Waals surface area contributed by atoms with Crippen molar-refractivity contribution in [2.45, 2.75) is 70.4 Å². The molecule has 5 nitrogen and oxygen atoms in total. The Labute approximate surface area is 209 Å². The Morgan fingerprint density at radius 3 is 2.23 bits per heavy atom. The number of carbonyl (C=O) groups is 2. The summed E-state index contributed by atoms with van der Waals surface area (Å²) in [7, 11) is 1.66. The molecule has 2 aromatic carbocycles. The summed E-state index contributed by atoms with van der Waals surface area (Å²) in [6.45, 7) is 6.05. The van der Waals surface area contributed by atoms with E-state index in [0.29, 0.717) is 17.4 Å². The van der Waals surface area contributed by atoms with Crippen molar-refractivity contribution in [3.63, 3.8) is 0 Å². The molecule has 0 N–H and O–H groups in total. The second-order valence-corrected chi connectivity index (χ2v) is 11.0. The minimum atomic E-state index is -0.406. The molecule has 35 heavy (non-hydrogen) atoms. The van der Waals surface area contributed by atoms with Gasteiger partial charge in [-0.25, -0.2) is 0 Å². The molecule has 2 aromatic rings. The molecule has 2 amide bonds. The van der Waals surface area contributed by atoms with Gasteiger partial charge in [-0.3, -0.25) is 9.59 Å². The van der Waals surface area contributed by atoms with Crippen LogP contribution in [0.15, 0.2) is 48.5 Å². The van der Waals surface area contributed by atoms with E-state index in [1.807, 2.05) is 48.5 Å². The molecule has 186 valence electrons. The van der Waals surface area contributed by atoms with Gasteiger partial charge >= 0.3 is 0 Å². The lowest BCUT2D eigenvalue weighted by atomic mass is 9.76. The highest BCUT2D eigenvalue weighted by Crippen LogP contribution is 2.47. The van der Waals surface area contributed by atoms with Gasteiger partial charge in [-0.2, -0.15) is 0 Å². The average molecular weight is 475 g/mol. The van der Waals surface area contributed by atoms with Crippen molar-refractivity contribution in [2.75, 3.05) is 20.2 Å². The standard InChI is InChI=1S/C30H38N2O3/c1-20-17-21(2)19-31(18-20)30(34)27-25-11-7-8-12-26(25)29(33)32(23-9-5-4-6-10-23)28(27)22-13-15-24(35-3)16-14-22/h7-8,11-16,20-21,23,27-28H,4-6,9-10,17-19H2,1-3H3/t20-,21-,27+,28+/m0/s1. The van der Waals surface area contributed by atoms with Gasteiger partial charge < -0.3 is 14.5 Å². The molecule has 0 spiro atoms. The van der Waals surface area contributed by atoms with Crippen molar-refractivity contribution in [3.05, 3.63) is 65.2 Å². The lowest BCUT2D eigenvalue weighted by Crippen LogP contribution is -2.54. The third-order valence-electron chi connectivity index (χ3n) is 8.25. The van der Waals surface area contributed by atoms with E-state index in [0.717, 1.165) is 62.1 Å². The number of hydrogen-bond acceptors (Lipinski definition) is 3. The maximum atomic E-state index is 14.4. The highest BCUT2D eigenvalue weighted by atomic mass is 16.5. The normalized spacial score (nSPS) is 27.5. The molecule has 5 rings (SSSR count). The number of nitrogens with zero attached hydrogens (tertiary/aromatic N) is 2. The highest BCUT2D eigenvalue weighted by Gasteiger charge is 2.48. The third kappa shape index (κ3) is 4.57. The van der Waals surface area contributed by atoms with E-state index >= 15 is 0 Å². The SMILES string of the molecule is COc1ccc([C@@H]2[C@H](C(=O)N3C[C@@H](C)C[C@H](C)C3)c3ccccc3C(=O)N2C2CCCCC2)cc1. The maximum Gasteiger partial charge on any atom is 0.254 e. The van der Waals surface area contributed by atoms with Crippen molar-refractivity contribution in [2.24, 2.45) is 11.8 Å². The summed E-state index contributed by atoms with van der Waals surface area (Å²) in [5.74, 6) is 1.57. The van der Waals surface area contributed by atoms with E-state index in [-0.39, 0.29) is 23.9 Å². The van der Waals surface area contributed by atoms with Crippen LogP contribution in [0.25, 0.3) is 0 Å². The average Bonchev–Trinajstić information content (AvgIpc) is 2.88. The summed E-state index contributed by atoms with van der Waals surface area (Å²) < 4.78 is 5.41. The van der Waals surface area contributed by atoms with Gasteiger partial charge in [0.25, 0.3) is 5.91 Å². The summed E-state index contributed by atoms with van der Waals surface area (Å²) in [6.07, 6.45) is 6.63. The van der Waals surface area contributed by atoms with Crippen molar-refractivity contribution in [1.29, 1.82) is 0 Å². The summed E-state index contributed by atoms with van der Waals surface area (Å²) in [5.41, 5.74) is 2.58. The zero-order chi connectivity index (χ0) is 24.5. The van der Waals surface area contributed by atoms with Crippen molar-refractivity contribution in [1.82, 2.24) is 9.80 Å². The van der Waals surface area contributed by atoms with Crippen molar-refractivity contribution in [3.8, 4) is 5.75 Å². The van der Waals surface area contributed by atoms with Crippen LogP contribution in [-0.4, -0.2) is 47.9 Å². The first-order valence-electron chi connectivity index (χ1n) is 13.3. The van der Waals surface area contributed by atoms with E-state index < -0.39 is 5.92 Å². The molecule has 4 atom stereocenters. The van der Waals surface area contributed by atoms with Gasteiger partial charge in [0.2, 0.25) is 5.91 Å². The smallest absolute Gasteiger partial charge is 0.254 e. The monoisotopic (exact) mass is 474 g/mol. The molecule has 1 aliphatic carbocycles. The second-order valence-electron chi connectivity index (χ2n) is 11.0. The van der Waals surface area contributed by atoms with Crippen LogP contribution in [0.4, 0.5) is 0 Å². The molecule has 3 aliphatic rings. The third-order valence-corrected chi connectivity index (χ3v) is 8.25. The Kier molecular flexibility index (Phi) is 6.86. The van der Waals surface area contributed by atoms with Gasteiger partial charge in [0.05, 0.1) is 19.1 Å². The minimum Gasteiger partial charge on any atom is -0.497 e. The highest BCUT2D eigenvalue weighted by molar-refractivity contribution is 6.01. The predicted octanol–water partition coefficient (Wildman–Crippen LogP) is 5.81. The number of methoxy groups -OCH3 is 1. The van der Waals surface area contributed by atoms with Crippen LogP contribution < -0.4 is 4.74 Å². The first kappa shape index (κ1) is 23.9. The Bertz CT molecular complexity index is 1050. The van der Waals surface area contributed by atoms with Crippen molar-refractivity contribution >= 4 is 11.8 Å². The lowest BCUT2D eigenvalue weighted by molar-refractivity contribution is -0.137. The molecule has 2 aliphatic heterocycles. The maximum absolute atomic E-state index is 14.4. The summed E-state index contributed by atoms with van der Waals surface area (Å²) >= 11 is 0. The Morgan fingerprint density at radius 2 is 1.57 bits per heavy atom. The first-order valence-corrected chi connectivity index (χ1v) is 13.3. The summed E-state index contributed by atoms with van der Waals surface area (Å²) in [6, 6.07) is 15.6. The van der Waals surface area contributed by atoms with Gasteiger partial charge in [0, 0.05) is 24.7 Å². The Morgan fingerprint density at radius 1 is 0.914 bits per heavy atom. The quantitative estimate of drug-likeness (QED) is 0.562. The fourth-order valence-corrected chi connectivity index (χ4v) is 6.77. The number of carbonyl (C=O) groups excluding carboxylic acids is 2. The number of hydrogen-bond donors (Lipinski definition) is 0. The van der Waals surface area contributed by atoms with Crippen LogP contribution in [-0.2, 0) is 4.79 Å². The van der Waals surface area contributed by atoms with Gasteiger partial charge in [-0.15, -0.1) is 0 Å². The number of amides is 2. The van der Waals surface area contributed by atoms with Crippen LogP contribution in [0, 0.1) is 11.8 Å². The zero-order valence-electron chi connectivity index (χ0n) is 21.3. The number of piperidine rings is 1. The van der Waals surface area contributed by atoms with Crippen LogP contribution in [0.3, 0.4) is 0 Å². The van der Waals surface area contributed by atoms with Gasteiger partial charge in [-0.1, -0.05) is 63.4 Å². The fraction of sp³-hybridized carbons (Fsp3) is 0.533. The number of ether oxygens (including phenoxy) is 1. The van der Waals surface area contributed by atoms with Crippen LogP contribution in [0.1, 0.15) is 85.8 Å². The summed E-state index contributed by atoms with van der Waals surface area (Å²) in [4.78, 5) is 32.6. The molecule has 2 heterocycles. The van der Waals surface area contributed by atoms with E-state index in [1.165, 1.54) is 6.42 Å². The largest absolute Gasteiger partial charge is 0.497 e. The Hall–Kier alpha value is -2.82. The fourth-order valence-electron chi connectivity index (χ4n) is 6.77. The molecule has 0 aromatic heterocycles. The Balaban J connectivity index is 1.64. The molecule has 2 fully saturated rings. The molecule has 1 saturated heterocycles. The second kappa shape index (κ2) is 10.0. The molecule has 0 unspecified atom stereocenters. The molecular formula is C30H38N2O3.